The van der Waals surface area contributed by atoms with E-state index in [1.54, 1.807) is 24.3 Å². The van der Waals surface area contributed by atoms with Crippen molar-refractivity contribution in [2.45, 2.75) is 43.5 Å². The molecule has 0 radical (unpaired) electrons. The lowest BCUT2D eigenvalue weighted by Crippen LogP contribution is -2.38. The monoisotopic (exact) mass is 403 g/mol. The maximum Gasteiger partial charge on any atom is 0.423 e. The Hall–Kier alpha value is -2.04. The first-order valence-corrected chi connectivity index (χ1v) is 9.47. The molecule has 1 unspecified atom stereocenters. The number of aromatic nitrogens is 2. The van der Waals surface area contributed by atoms with E-state index in [1.165, 1.54) is 27.0 Å². The van der Waals surface area contributed by atoms with Crippen molar-refractivity contribution in [3.8, 4) is 5.88 Å². The number of nitrogens with zero attached hydrogens (tertiary/aromatic N) is 2. The van der Waals surface area contributed by atoms with E-state index < -0.39 is 40.5 Å². The van der Waals surface area contributed by atoms with Gasteiger partial charge < -0.3 is 19.7 Å². The third-order valence-corrected chi connectivity index (χ3v) is 4.72. The fourth-order valence-electron chi connectivity index (χ4n) is 1.88. The molecule has 0 saturated heterocycles. The average Bonchev–Trinajstić information content (AvgIpc) is 2.53. The van der Waals surface area contributed by atoms with Gasteiger partial charge in [-0.1, -0.05) is 0 Å². The van der Waals surface area contributed by atoms with Crippen molar-refractivity contribution in [3.63, 3.8) is 0 Å². The molecule has 0 aliphatic rings. The number of benzene rings is 1. The van der Waals surface area contributed by atoms with Crippen molar-refractivity contribution in [1.82, 2.24) is 9.97 Å². The minimum atomic E-state index is -4.71. The number of anilines is 2. The molecule has 0 fully saturated rings. The van der Waals surface area contributed by atoms with Gasteiger partial charge in [-0.05, 0) is 56.2 Å². The van der Waals surface area contributed by atoms with Crippen LogP contribution in [0.5, 0.6) is 5.88 Å². The molecular formula is C17H20F3N3O3S. The summed E-state index contributed by atoms with van der Waals surface area (Å²) in [6.07, 6.45) is -3.49. The third-order valence-electron chi connectivity index (χ3n) is 3.78. The van der Waals surface area contributed by atoms with Gasteiger partial charge in [0, 0.05) is 11.9 Å². The van der Waals surface area contributed by atoms with Gasteiger partial charge in [0.15, 0.2) is 4.90 Å². The minimum Gasteiger partial charge on any atom is -0.612 e. The zero-order chi connectivity index (χ0) is 20.4. The summed E-state index contributed by atoms with van der Waals surface area (Å²) in [4.78, 5) is 8.10. The molecule has 0 saturated carbocycles. The second-order valence-corrected chi connectivity index (χ2v) is 7.81. The number of hydrogen-bond acceptors (Lipinski definition) is 6. The molecule has 0 amide bonds. The van der Waals surface area contributed by atoms with Gasteiger partial charge in [0.1, 0.15) is 17.9 Å². The Balaban J connectivity index is 2.31. The number of rotatable bonds is 6. The molecule has 2 atom stereocenters. The fraction of sp³-hybridized carbons (Fsp3) is 0.412. The number of aliphatic hydroxyl groups is 1. The van der Waals surface area contributed by atoms with Crippen LogP contribution in [0, 0.1) is 0 Å². The molecule has 6 nitrogen and oxygen atoms in total. The van der Waals surface area contributed by atoms with E-state index in [0.717, 1.165) is 0 Å². The predicted octanol–water partition coefficient (Wildman–Crippen LogP) is 3.51. The molecule has 2 aromatic rings. The summed E-state index contributed by atoms with van der Waals surface area (Å²) >= 11 is -1.14. The van der Waals surface area contributed by atoms with Gasteiger partial charge in [0.2, 0.25) is 11.8 Å². The van der Waals surface area contributed by atoms with E-state index in [0.29, 0.717) is 16.8 Å². The van der Waals surface area contributed by atoms with Crippen molar-refractivity contribution >= 4 is 22.8 Å². The standard InChI is InChI=1S/C17H20F3N3O3S/c1-10(16(2,3)24)26-14-13(17(18,19)20)9-21-15(23-14)22-11-5-7-12(8-6-11)27(4)25/h5-10,24H,1-4H3,(H,21,22,23)/t10-,27?/m1/s1. The van der Waals surface area contributed by atoms with Crippen LogP contribution in [-0.4, -0.2) is 37.6 Å². The van der Waals surface area contributed by atoms with Crippen molar-refractivity contribution in [3.05, 3.63) is 36.0 Å². The highest BCUT2D eigenvalue weighted by molar-refractivity contribution is 7.90. The number of ether oxygens (including phenoxy) is 1. The summed E-state index contributed by atoms with van der Waals surface area (Å²) in [5.74, 6) is -0.785. The molecule has 1 aromatic heterocycles. The van der Waals surface area contributed by atoms with Gasteiger partial charge in [-0.2, -0.15) is 18.2 Å². The summed E-state index contributed by atoms with van der Waals surface area (Å²) in [6, 6.07) is 6.46. The van der Waals surface area contributed by atoms with Crippen molar-refractivity contribution < 1.29 is 27.6 Å². The quantitative estimate of drug-likeness (QED) is 0.718. The topological polar surface area (TPSA) is 90.3 Å². The Morgan fingerprint density at radius 3 is 2.30 bits per heavy atom. The number of hydrogen-bond donors (Lipinski definition) is 2. The van der Waals surface area contributed by atoms with E-state index in [2.05, 4.69) is 15.3 Å². The molecule has 0 bridgehead atoms. The van der Waals surface area contributed by atoms with Crippen LogP contribution in [0.1, 0.15) is 26.3 Å². The Kier molecular flexibility index (Phi) is 6.23. The number of alkyl halides is 3. The van der Waals surface area contributed by atoms with Crippen molar-refractivity contribution in [1.29, 1.82) is 0 Å². The second-order valence-electron chi connectivity index (χ2n) is 6.43. The highest BCUT2D eigenvalue weighted by atomic mass is 32.2. The third kappa shape index (κ3) is 5.72. The first kappa shape index (κ1) is 21.3. The second kappa shape index (κ2) is 7.91. The predicted molar refractivity (Wildman–Crippen MR) is 95.5 cm³/mol. The normalized spacial score (nSPS) is 14.6. The fourth-order valence-corrected chi connectivity index (χ4v) is 2.40. The molecule has 0 aliphatic carbocycles. The summed E-state index contributed by atoms with van der Waals surface area (Å²) in [5.41, 5.74) is -2.00. The zero-order valence-electron chi connectivity index (χ0n) is 15.2. The molecule has 0 spiro atoms. The minimum absolute atomic E-state index is 0.105. The van der Waals surface area contributed by atoms with Crippen LogP contribution in [-0.2, 0) is 17.4 Å². The SMILES string of the molecule is C[C@@H](Oc1nc(Nc2ccc([S+](C)[O-])cc2)ncc1C(F)(F)F)C(C)(C)O. The zero-order valence-corrected chi connectivity index (χ0v) is 16.0. The molecule has 0 aliphatic heterocycles. The highest BCUT2D eigenvalue weighted by Crippen LogP contribution is 2.36. The van der Waals surface area contributed by atoms with Crippen molar-refractivity contribution in [2.75, 3.05) is 11.6 Å². The van der Waals surface area contributed by atoms with Crippen molar-refractivity contribution in [2.24, 2.45) is 0 Å². The summed E-state index contributed by atoms with van der Waals surface area (Å²) in [7, 11) is 0. The first-order valence-electron chi connectivity index (χ1n) is 7.91. The van der Waals surface area contributed by atoms with E-state index in [-0.39, 0.29) is 5.95 Å². The Bertz CT molecular complexity index is 778. The Morgan fingerprint density at radius 2 is 1.81 bits per heavy atom. The van der Waals surface area contributed by atoms with Crippen LogP contribution < -0.4 is 10.1 Å². The molecule has 148 valence electrons. The Labute approximate surface area is 158 Å². The van der Waals surface area contributed by atoms with Crippen LogP contribution in [0.3, 0.4) is 0 Å². The lowest BCUT2D eigenvalue weighted by Gasteiger charge is -2.27. The molecule has 2 N–H and O–H groups in total. The maximum atomic E-state index is 13.2. The van der Waals surface area contributed by atoms with Crippen LogP contribution >= 0.6 is 0 Å². The maximum absolute atomic E-state index is 13.2. The van der Waals surface area contributed by atoms with E-state index in [1.807, 2.05) is 0 Å². The molecule has 1 aromatic carbocycles. The molecule has 10 heteroatoms. The van der Waals surface area contributed by atoms with E-state index in [9.17, 15) is 22.8 Å². The Morgan fingerprint density at radius 1 is 1.22 bits per heavy atom. The molecule has 2 rings (SSSR count). The van der Waals surface area contributed by atoms with E-state index in [4.69, 9.17) is 4.74 Å². The summed E-state index contributed by atoms with van der Waals surface area (Å²) in [5, 5.41) is 12.7. The molecule has 27 heavy (non-hydrogen) atoms. The van der Waals surface area contributed by atoms with Gasteiger partial charge in [0.25, 0.3) is 0 Å². The van der Waals surface area contributed by atoms with Gasteiger partial charge in [-0.25, -0.2) is 4.98 Å². The largest absolute Gasteiger partial charge is 0.612 e. The summed E-state index contributed by atoms with van der Waals surface area (Å²) in [6.45, 7) is 4.29. The van der Waals surface area contributed by atoms with Crippen LogP contribution in [0.2, 0.25) is 0 Å². The van der Waals surface area contributed by atoms with Gasteiger partial charge in [-0.3, -0.25) is 0 Å². The van der Waals surface area contributed by atoms with Gasteiger partial charge in [0.05, 0.1) is 5.60 Å². The lowest BCUT2D eigenvalue weighted by atomic mass is 10.0. The van der Waals surface area contributed by atoms with Gasteiger partial charge in [-0.15, -0.1) is 0 Å². The lowest BCUT2D eigenvalue weighted by molar-refractivity contribution is -0.141. The number of nitrogens with one attached hydrogen (secondary N) is 1. The van der Waals surface area contributed by atoms with E-state index >= 15 is 0 Å². The summed E-state index contributed by atoms with van der Waals surface area (Å²) < 4.78 is 56.3. The van der Waals surface area contributed by atoms with Gasteiger partial charge >= 0.3 is 6.18 Å². The molecule has 1 heterocycles. The number of halogens is 3. The highest BCUT2D eigenvalue weighted by Gasteiger charge is 2.38. The molecular weight excluding hydrogens is 383 g/mol. The average molecular weight is 403 g/mol. The van der Waals surface area contributed by atoms with Crippen LogP contribution in [0.25, 0.3) is 0 Å². The van der Waals surface area contributed by atoms with Crippen LogP contribution in [0.15, 0.2) is 35.4 Å². The smallest absolute Gasteiger partial charge is 0.423 e. The van der Waals surface area contributed by atoms with Crippen LogP contribution in [0.4, 0.5) is 24.8 Å². The first-order chi connectivity index (χ1) is 12.4.